The topological polar surface area (TPSA) is 78.3 Å². The van der Waals surface area contributed by atoms with E-state index in [1.165, 1.54) is 11.8 Å². The molecule has 0 bridgehead atoms. The molecule has 1 heterocycles. The van der Waals surface area contributed by atoms with Gasteiger partial charge in [0, 0.05) is 12.6 Å². The summed E-state index contributed by atoms with van der Waals surface area (Å²) in [6, 6.07) is 13.9. The van der Waals surface area contributed by atoms with Crippen molar-refractivity contribution in [3.63, 3.8) is 0 Å². The van der Waals surface area contributed by atoms with E-state index < -0.39 is 0 Å². The molecule has 0 saturated carbocycles. The molecule has 32 heavy (non-hydrogen) atoms. The van der Waals surface area contributed by atoms with Crippen molar-refractivity contribution in [2.24, 2.45) is 0 Å². The monoisotopic (exact) mass is 454 g/mol. The van der Waals surface area contributed by atoms with Crippen molar-refractivity contribution in [3.8, 4) is 11.5 Å². The largest absolute Gasteiger partial charge is 0.497 e. The number of benzene rings is 2. The van der Waals surface area contributed by atoms with E-state index in [-0.39, 0.29) is 17.7 Å². The van der Waals surface area contributed by atoms with Gasteiger partial charge in [-0.2, -0.15) is 0 Å². The van der Waals surface area contributed by atoms with Crippen molar-refractivity contribution in [1.82, 2.24) is 20.1 Å². The van der Waals surface area contributed by atoms with Crippen molar-refractivity contribution in [1.29, 1.82) is 0 Å². The first kappa shape index (κ1) is 23.7. The highest BCUT2D eigenvalue weighted by atomic mass is 32.2. The van der Waals surface area contributed by atoms with Crippen LogP contribution in [0.15, 0.2) is 47.6 Å². The van der Waals surface area contributed by atoms with Crippen LogP contribution < -0.4 is 14.8 Å². The minimum Gasteiger partial charge on any atom is -0.497 e. The van der Waals surface area contributed by atoms with E-state index in [0.29, 0.717) is 18.3 Å². The summed E-state index contributed by atoms with van der Waals surface area (Å²) in [5, 5.41) is 12.3. The highest BCUT2D eigenvalue weighted by Crippen LogP contribution is 2.24. The van der Waals surface area contributed by atoms with E-state index in [2.05, 4.69) is 35.4 Å². The number of aromatic nitrogens is 3. The van der Waals surface area contributed by atoms with Gasteiger partial charge in [0.15, 0.2) is 11.0 Å². The van der Waals surface area contributed by atoms with E-state index >= 15 is 0 Å². The summed E-state index contributed by atoms with van der Waals surface area (Å²) in [6.07, 6.45) is 0. The van der Waals surface area contributed by atoms with Crippen LogP contribution in [0.4, 0.5) is 0 Å². The van der Waals surface area contributed by atoms with Crippen LogP contribution in [-0.4, -0.2) is 33.5 Å². The molecule has 1 aromatic heterocycles. The van der Waals surface area contributed by atoms with Crippen LogP contribution >= 0.6 is 11.8 Å². The molecule has 0 spiro atoms. The molecule has 7 nitrogen and oxygen atoms in total. The summed E-state index contributed by atoms with van der Waals surface area (Å²) in [4.78, 5) is 12.3. The second-order valence-electron chi connectivity index (χ2n) is 7.83. The molecule has 2 aromatic carbocycles. The minimum absolute atomic E-state index is 0.0580. The SMILES string of the molecule is COc1ccc(CNC(=O)CSc2nnc(COc3cc(C)ccc3C)n2C(C)C)cc1. The molecule has 0 atom stereocenters. The van der Waals surface area contributed by atoms with Crippen molar-refractivity contribution < 1.29 is 14.3 Å². The molecule has 170 valence electrons. The number of carbonyl (C=O) groups excluding carboxylic acids is 1. The third kappa shape index (κ3) is 6.26. The lowest BCUT2D eigenvalue weighted by atomic mass is 10.1. The van der Waals surface area contributed by atoms with Gasteiger partial charge in [0.25, 0.3) is 0 Å². The van der Waals surface area contributed by atoms with Gasteiger partial charge in [0.05, 0.1) is 12.9 Å². The standard InChI is InChI=1S/C24H30N4O3S/c1-16(2)28-22(14-31-21-12-17(3)6-7-18(21)4)26-27-24(28)32-15-23(29)25-13-19-8-10-20(30-5)11-9-19/h6-12,16H,13-15H2,1-5H3,(H,25,29). The number of ether oxygens (including phenoxy) is 2. The normalized spacial score (nSPS) is 10.9. The molecule has 0 unspecified atom stereocenters. The maximum absolute atomic E-state index is 12.3. The Kier molecular flexibility index (Phi) is 8.16. The lowest BCUT2D eigenvalue weighted by molar-refractivity contribution is -0.118. The van der Waals surface area contributed by atoms with Gasteiger partial charge in [-0.15, -0.1) is 10.2 Å². The molecule has 3 aromatic rings. The first-order chi connectivity index (χ1) is 15.4. The fourth-order valence-corrected chi connectivity index (χ4v) is 4.07. The number of hydrogen-bond donors (Lipinski definition) is 1. The van der Waals surface area contributed by atoms with Crippen LogP contribution in [0.3, 0.4) is 0 Å². The van der Waals surface area contributed by atoms with Gasteiger partial charge in [-0.25, -0.2) is 0 Å². The molecule has 3 rings (SSSR count). The molecular formula is C24H30N4O3S. The van der Waals surface area contributed by atoms with Crippen molar-refractivity contribution in [2.75, 3.05) is 12.9 Å². The van der Waals surface area contributed by atoms with Gasteiger partial charge in [-0.1, -0.05) is 36.0 Å². The number of rotatable bonds is 10. The lowest BCUT2D eigenvalue weighted by Gasteiger charge is -2.15. The molecule has 0 saturated heterocycles. The second-order valence-corrected chi connectivity index (χ2v) is 8.78. The molecule has 0 aliphatic rings. The average Bonchev–Trinajstić information content (AvgIpc) is 3.20. The van der Waals surface area contributed by atoms with Gasteiger partial charge in [-0.3, -0.25) is 4.79 Å². The molecule has 0 aliphatic heterocycles. The number of hydrogen-bond acceptors (Lipinski definition) is 6. The number of aryl methyl sites for hydroxylation is 2. The van der Waals surface area contributed by atoms with Gasteiger partial charge >= 0.3 is 0 Å². The number of methoxy groups -OCH3 is 1. The van der Waals surface area contributed by atoms with Crippen LogP contribution in [0.5, 0.6) is 11.5 Å². The smallest absolute Gasteiger partial charge is 0.230 e. The van der Waals surface area contributed by atoms with E-state index in [9.17, 15) is 4.79 Å². The summed E-state index contributed by atoms with van der Waals surface area (Å²) in [7, 11) is 1.63. The predicted molar refractivity (Wildman–Crippen MR) is 126 cm³/mol. The lowest BCUT2D eigenvalue weighted by Crippen LogP contribution is -2.24. The zero-order valence-electron chi connectivity index (χ0n) is 19.2. The summed E-state index contributed by atoms with van der Waals surface area (Å²) in [5.41, 5.74) is 3.24. The first-order valence-corrected chi connectivity index (χ1v) is 11.5. The Labute approximate surface area is 193 Å². The molecule has 1 amide bonds. The minimum atomic E-state index is -0.0580. The Morgan fingerprint density at radius 1 is 1.12 bits per heavy atom. The average molecular weight is 455 g/mol. The maximum atomic E-state index is 12.3. The molecule has 0 radical (unpaired) electrons. The highest BCUT2D eigenvalue weighted by molar-refractivity contribution is 7.99. The van der Waals surface area contributed by atoms with Crippen molar-refractivity contribution in [3.05, 3.63) is 65.0 Å². The first-order valence-electron chi connectivity index (χ1n) is 10.5. The van der Waals surface area contributed by atoms with Crippen LogP contribution in [0.1, 0.15) is 42.4 Å². The Hall–Kier alpha value is -3.00. The van der Waals surface area contributed by atoms with Crippen molar-refractivity contribution >= 4 is 17.7 Å². The van der Waals surface area contributed by atoms with E-state index in [1.807, 2.05) is 54.8 Å². The molecule has 0 fully saturated rings. The fourth-order valence-electron chi connectivity index (χ4n) is 3.15. The second kappa shape index (κ2) is 11.0. The van der Waals surface area contributed by atoms with E-state index in [0.717, 1.165) is 34.0 Å². The van der Waals surface area contributed by atoms with Crippen LogP contribution in [0.25, 0.3) is 0 Å². The van der Waals surface area contributed by atoms with Gasteiger partial charge in [0.1, 0.15) is 18.1 Å². The number of amides is 1. The third-order valence-corrected chi connectivity index (χ3v) is 5.88. The summed E-state index contributed by atoms with van der Waals surface area (Å²) in [6.45, 7) is 8.98. The number of thioether (sulfide) groups is 1. The highest BCUT2D eigenvalue weighted by Gasteiger charge is 2.17. The number of nitrogens with one attached hydrogen (secondary N) is 1. The Morgan fingerprint density at radius 3 is 2.56 bits per heavy atom. The van der Waals surface area contributed by atoms with Gasteiger partial charge in [-0.05, 0) is 62.6 Å². The van der Waals surface area contributed by atoms with Crippen LogP contribution in [0.2, 0.25) is 0 Å². The van der Waals surface area contributed by atoms with E-state index in [1.54, 1.807) is 7.11 Å². The number of nitrogens with zero attached hydrogens (tertiary/aromatic N) is 3. The zero-order valence-corrected chi connectivity index (χ0v) is 20.0. The maximum Gasteiger partial charge on any atom is 0.230 e. The Morgan fingerprint density at radius 2 is 1.88 bits per heavy atom. The zero-order chi connectivity index (χ0) is 23.1. The van der Waals surface area contributed by atoms with Gasteiger partial charge in [0.2, 0.25) is 5.91 Å². The summed E-state index contributed by atoms with van der Waals surface area (Å²) >= 11 is 1.37. The Bertz CT molecular complexity index is 1050. The van der Waals surface area contributed by atoms with Crippen molar-refractivity contribution in [2.45, 2.75) is 52.0 Å². The fraction of sp³-hybridized carbons (Fsp3) is 0.375. The number of carbonyl (C=O) groups is 1. The predicted octanol–water partition coefficient (Wildman–Crippen LogP) is 4.47. The third-order valence-electron chi connectivity index (χ3n) is 4.93. The van der Waals surface area contributed by atoms with Crippen LogP contribution in [0, 0.1) is 13.8 Å². The van der Waals surface area contributed by atoms with Crippen LogP contribution in [-0.2, 0) is 17.9 Å². The Balaban J connectivity index is 1.57. The molecule has 1 N–H and O–H groups in total. The molecular weight excluding hydrogens is 424 g/mol. The van der Waals surface area contributed by atoms with E-state index in [4.69, 9.17) is 9.47 Å². The molecule has 8 heteroatoms. The summed E-state index contributed by atoms with van der Waals surface area (Å²) < 4.78 is 13.2. The molecule has 0 aliphatic carbocycles. The summed E-state index contributed by atoms with van der Waals surface area (Å²) in [5.74, 6) is 2.58. The van der Waals surface area contributed by atoms with Gasteiger partial charge < -0.3 is 19.4 Å². The quantitative estimate of drug-likeness (QED) is 0.455.